The number of alkyl halides is 1. The van der Waals surface area contributed by atoms with Gasteiger partial charge in [-0.1, -0.05) is 154 Å². The molecule has 0 amide bonds. The van der Waals surface area contributed by atoms with Crippen LogP contribution in [-0.4, -0.2) is 59.1 Å². The van der Waals surface area contributed by atoms with Crippen molar-refractivity contribution in [2.45, 2.75) is 66.8 Å². The second-order valence-corrected chi connectivity index (χ2v) is 21.7. The summed E-state index contributed by atoms with van der Waals surface area (Å²) in [6.45, 7) is 11.3. The van der Waals surface area contributed by atoms with Crippen LogP contribution < -0.4 is 10.4 Å². The molecular formula is C40H47IO5S2Si. The molecule has 0 radical (unpaired) electrons. The van der Waals surface area contributed by atoms with Gasteiger partial charge in [-0.25, -0.2) is 9.59 Å². The lowest BCUT2D eigenvalue weighted by Gasteiger charge is -2.44. The summed E-state index contributed by atoms with van der Waals surface area (Å²) < 4.78 is 19.7. The summed E-state index contributed by atoms with van der Waals surface area (Å²) in [4.78, 5) is 27.1. The predicted octanol–water partition coefficient (Wildman–Crippen LogP) is 9.04. The van der Waals surface area contributed by atoms with Crippen LogP contribution in [0, 0.1) is 0 Å². The summed E-state index contributed by atoms with van der Waals surface area (Å²) in [7, 11) is -2.86. The zero-order valence-corrected chi connectivity index (χ0v) is 33.7. The molecule has 0 spiro atoms. The van der Waals surface area contributed by atoms with E-state index < -0.39 is 26.5 Å². The van der Waals surface area contributed by atoms with Crippen molar-refractivity contribution in [2.75, 3.05) is 18.1 Å². The molecular weight excluding hydrogens is 780 g/mol. The molecule has 1 unspecified atom stereocenters. The molecule has 4 rings (SSSR count). The zero-order valence-electron chi connectivity index (χ0n) is 28.9. The number of esters is 2. The van der Waals surface area contributed by atoms with Crippen LogP contribution >= 0.6 is 46.1 Å². The summed E-state index contributed by atoms with van der Waals surface area (Å²) in [6.07, 6.45) is -0.779. The summed E-state index contributed by atoms with van der Waals surface area (Å²) in [5, 5.41) is 2.16. The maximum absolute atomic E-state index is 13.6. The second kappa shape index (κ2) is 19.1. The minimum absolute atomic E-state index is 0.0400. The minimum atomic E-state index is -2.86. The topological polar surface area (TPSA) is 61.8 Å². The first-order valence-electron chi connectivity index (χ1n) is 16.7. The molecule has 0 bridgehead atoms. The first-order chi connectivity index (χ1) is 23.6. The Balaban J connectivity index is 1.72. The Morgan fingerprint density at radius 3 is 1.43 bits per heavy atom. The van der Waals surface area contributed by atoms with E-state index in [4.69, 9.17) is 13.9 Å². The fourth-order valence-electron chi connectivity index (χ4n) is 5.94. The van der Waals surface area contributed by atoms with Crippen molar-refractivity contribution in [3.63, 3.8) is 0 Å². The highest BCUT2D eigenvalue weighted by molar-refractivity contribution is 14.1. The maximum atomic E-state index is 13.6. The largest absolute Gasteiger partial charge is 0.457 e. The van der Waals surface area contributed by atoms with E-state index in [9.17, 15) is 9.59 Å². The molecule has 9 heteroatoms. The van der Waals surface area contributed by atoms with Crippen molar-refractivity contribution in [1.29, 1.82) is 0 Å². The van der Waals surface area contributed by atoms with Crippen LogP contribution in [0.4, 0.5) is 0 Å². The van der Waals surface area contributed by atoms with Gasteiger partial charge in [0.25, 0.3) is 8.32 Å². The molecule has 0 aliphatic heterocycles. The van der Waals surface area contributed by atoms with Crippen LogP contribution in [0.15, 0.2) is 121 Å². The standard InChI is InChI=1S/C40H47IO5S2Si/c1-6-47-39(48-7-2)36(46-38(43)31-22-14-9-15-23-31)28-35(45-37(42)30-20-12-8-13-21-30)34(41)29-44-49(40(3,4)5,32-24-16-10-17-25-32)33-26-18-11-19-27-33/h8-27,34-36,39H,6-7,28-29H2,1-5H3/t34?,35-,36+/m1/s1. The summed E-state index contributed by atoms with van der Waals surface area (Å²) in [5.74, 6) is 0.922. The van der Waals surface area contributed by atoms with Gasteiger partial charge in [0.2, 0.25) is 0 Å². The number of halogens is 1. The molecule has 5 nitrogen and oxygen atoms in total. The minimum Gasteiger partial charge on any atom is -0.457 e. The number of carbonyl (C=O) groups excluding carboxylic acids is 2. The van der Waals surface area contributed by atoms with Crippen molar-refractivity contribution in [2.24, 2.45) is 0 Å². The number of rotatable bonds is 17. The highest BCUT2D eigenvalue weighted by atomic mass is 127. The molecule has 49 heavy (non-hydrogen) atoms. The van der Waals surface area contributed by atoms with Crippen molar-refractivity contribution in [3.05, 3.63) is 132 Å². The third kappa shape index (κ3) is 10.5. The molecule has 0 heterocycles. The molecule has 3 atom stereocenters. The monoisotopic (exact) mass is 826 g/mol. The second-order valence-electron chi connectivity index (χ2n) is 12.6. The SMILES string of the molecule is CCSC(SCC)[C@H](C[C@@H](OC(=O)c1ccccc1)C(I)CO[Si](c1ccccc1)(c1ccccc1)C(C)(C)C)OC(=O)c1ccccc1. The van der Waals surface area contributed by atoms with E-state index in [1.165, 1.54) is 10.4 Å². The van der Waals surface area contributed by atoms with Crippen LogP contribution in [-0.2, 0) is 13.9 Å². The molecule has 0 saturated carbocycles. The van der Waals surface area contributed by atoms with Crippen molar-refractivity contribution in [3.8, 4) is 0 Å². The fraction of sp³-hybridized carbons (Fsp3) is 0.350. The Labute approximate surface area is 315 Å². The molecule has 0 aliphatic rings. The molecule has 260 valence electrons. The lowest BCUT2D eigenvalue weighted by Crippen LogP contribution is -2.67. The molecule has 4 aromatic rings. The smallest absolute Gasteiger partial charge is 0.338 e. The van der Waals surface area contributed by atoms with E-state index in [1.807, 2.05) is 48.5 Å². The molecule has 0 aromatic heterocycles. The van der Waals surface area contributed by atoms with Crippen LogP contribution in [0.3, 0.4) is 0 Å². The van der Waals surface area contributed by atoms with Crippen LogP contribution in [0.5, 0.6) is 0 Å². The quantitative estimate of drug-likeness (QED) is 0.0347. The van der Waals surface area contributed by atoms with Gasteiger partial charge < -0.3 is 13.9 Å². The summed E-state index contributed by atoms with van der Waals surface area (Å²) in [6, 6.07) is 39.2. The summed E-state index contributed by atoms with van der Waals surface area (Å²) >= 11 is 5.87. The average Bonchev–Trinajstić information content (AvgIpc) is 3.12. The summed E-state index contributed by atoms with van der Waals surface area (Å²) in [5.41, 5.74) is 0.970. The number of hydrogen-bond acceptors (Lipinski definition) is 7. The number of benzene rings is 4. The van der Waals surface area contributed by atoms with E-state index in [-0.39, 0.29) is 19.5 Å². The van der Waals surface area contributed by atoms with Crippen LogP contribution in [0.1, 0.15) is 61.8 Å². The van der Waals surface area contributed by atoms with Crippen LogP contribution in [0.2, 0.25) is 5.04 Å². The molecule has 0 saturated heterocycles. The van der Waals surface area contributed by atoms with Gasteiger partial charge in [-0.05, 0) is 51.2 Å². The van der Waals surface area contributed by atoms with E-state index in [0.717, 1.165) is 11.5 Å². The van der Waals surface area contributed by atoms with E-state index in [2.05, 4.69) is 106 Å². The molecule has 4 aromatic carbocycles. The van der Waals surface area contributed by atoms with Gasteiger partial charge in [-0.15, -0.1) is 23.5 Å². The Morgan fingerprint density at radius 1 is 0.653 bits per heavy atom. The third-order valence-electron chi connectivity index (χ3n) is 8.25. The van der Waals surface area contributed by atoms with Gasteiger partial charge in [-0.3, -0.25) is 0 Å². The van der Waals surface area contributed by atoms with Crippen molar-refractivity contribution < 1.29 is 23.5 Å². The Bertz CT molecular complexity index is 1530. The fourth-order valence-corrected chi connectivity index (χ4v) is 14.1. The highest BCUT2D eigenvalue weighted by Crippen LogP contribution is 2.38. The third-order valence-corrected chi connectivity index (χ3v) is 17.2. The predicted molar refractivity (Wildman–Crippen MR) is 217 cm³/mol. The van der Waals surface area contributed by atoms with Gasteiger partial charge in [0.15, 0.2) is 0 Å². The Hall–Kier alpha value is -2.57. The van der Waals surface area contributed by atoms with Crippen molar-refractivity contribution >= 4 is 76.7 Å². The van der Waals surface area contributed by atoms with Crippen molar-refractivity contribution in [1.82, 2.24) is 0 Å². The number of thioether (sulfide) groups is 2. The lowest BCUT2D eigenvalue weighted by molar-refractivity contribution is 0.00126. The maximum Gasteiger partial charge on any atom is 0.338 e. The molecule has 0 aliphatic carbocycles. The normalized spacial score (nSPS) is 13.8. The first-order valence-corrected chi connectivity index (χ1v) is 22.0. The first kappa shape index (κ1) is 39.2. The highest BCUT2D eigenvalue weighted by Gasteiger charge is 2.50. The molecule has 0 fully saturated rings. The van der Waals surface area contributed by atoms with E-state index >= 15 is 0 Å². The number of hydrogen-bond donors (Lipinski definition) is 0. The zero-order chi connectivity index (χ0) is 35.3. The van der Waals surface area contributed by atoms with Gasteiger partial charge in [0.1, 0.15) is 12.2 Å². The Morgan fingerprint density at radius 2 is 1.04 bits per heavy atom. The number of carbonyl (C=O) groups is 2. The van der Waals surface area contributed by atoms with Gasteiger partial charge >= 0.3 is 11.9 Å². The van der Waals surface area contributed by atoms with Gasteiger partial charge in [0.05, 0.1) is 26.2 Å². The molecule has 0 N–H and O–H groups in total. The lowest BCUT2D eigenvalue weighted by atomic mass is 10.1. The van der Waals surface area contributed by atoms with Gasteiger partial charge in [-0.2, -0.15) is 0 Å². The number of ether oxygens (including phenoxy) is 2. The Kier molecular flexibility index (Phi) is 15.3. The van der Waals surface area contributed by atoms with Gasteiger partial charge in [0, 0.05) is 6.42 Å². The van der Waals surface area contributed by atoms with E-state index in [0.29, 0.717) is 24.2 Å². The van der Waals surface area contributed by atoms with Crippen LogP contribution in [0.25, 0.3) is 0 Å². The van der Waals surface area contributed by atoms with E-state index in [1.54, 1.807) is 47.8 Å². The average molecular weight is 827 g/mol.